The molecule has 4 rings (SSSR count). The van der Waals surface area contributed by atoms with Gasteiger partial charge in [-0.3, -0.25) is 9.69 Å². The molecule has 0 atom stereocenters. The molecule has 0 bridgehead atoms. The SMILES string of the molecule is COc1ccc(OCc2ccc(F)cc2)c(/C=C2\SC(=S)N(c3ccccc3C)C2=O)c1. The van der Waals surface area contributed by atoms with Gasteiger partial charge in [-0.2, -0.15) is 0 Å². The first kappa shape index (κ1) is 22.0. The second kappa shape index (κ2) is 9.54. The molecule has 4 nitrogen and oxygen atoms in total. The normalized spacial score (nSPS) is 14.8. The van der Waals surface area contributed by atoms with Crippen LogP contribution in [0.25, 0.3) is 6.08 Å². The largest absolute Gasteiger partial charge is 0.497 e. The van der Waals surface area contributed by atoms with Crippen molar-refractivity contribution in [1.82, 2.24) is 0 Å². The quantitative estimate of drug-likeness (QED) is 0.324. The summed E-state index contributed by atoms with van der Waals surface area (Å²) in [5.74, 6) is 0.743. The summed E-state index contributed by atoms with van der Waals surface area (Å²) in [7, 11) is 1.58. The monoisotopic (exact) mass is 465 g/mol. The van der Waals surface area contributed by atoms with Crippen LogP contribution >= 0.6 is 24.0 Å². The molecule has 32 heavy (non-hydrogen) atoms. The molecule has 3 aromatic carbocycles. The summed E-state index contributed by atoms with van der Waals surface area (Å²) in [4.78, 5) is 15.2. The minimum atomic E-state index is -0.297. The Morgan fingerprint density at radius 2 is 1.84 bits per heavy atom. The van der Waals surface area contributed by atoms with Crippen LogP contribution in [0.3, 0.4) is 0 Å². The number of amides is 1. The number of halogens is 1. The van der Waals surface area contributed by atoms with E-state index >= 15 is 0 Å². The topological polar surface area (TPSA) is 38.8 Å². The summed E-state index contributed by atoms with van der Waals surface area (Å²) < 4.78 is 25.0. The minimum absolute atomic E-state index is 0.179. The number of para-hydroxylation sites is 1. The van der Waals surface area contributed by atoms with Crippen LogP contribution in [0.5, 0.6) is 11.5 Å². The third-order valence-corrected chi connectivity index (χ3v) is 6.26. The molecule has 1 saturated heterocycles. The molecule has 0 aliphatic carbocycles. The molecule has 3 aromatic rings. The Labute approximate surface area is 195 Å². The molecule has 1 amide bonds. The van der Waals surface area contributed by atoms with Gasteiger partial charge >= 0.3 is 0 Å². The maximum absolute atomic E-state index is 13.2. The lowest BCUT2D eigenvalue weighted by Crippen LogP contribution is -2.28. The Balaban J connectivity index is 1.63. The van der Waals surface area contributed by atoms with Crippen molar-refractivity contribution in [2.75, 3.05) is 12.0 Å². The number of carbonyl (C=O) groups is 1. The van der Waals surface area contributed by atoms with E-state index in [0.717, 1.165) is 16.8 Å². The number of anilines is 1. The van der Waals surface area contributed by atoms with Crippen LogP contribution in [-0.2, 0) is 11.4 Å². The van der Waals surface area contributed by atoms with Gasteiger partial charge in [-0.05, 0) is 60.5 Å². The molecule has 7 heteroatoms. The number of nitrogens with zero attached hydrogens (tertiary/aromatic N) is 1. The van der Waals surface area contributed by atoms with E-state index in [-0.39, 0.29) is 18.3 Å². The molecule has 0 N–H and O–H groups in total. The highest BCUT2D eigenvalue weighted by Gasteiger charge is 2.34. The third kappa shape index (κ3) is 4.69. The summed E-state index contributed by atoms with van der Waals surface area (Å²) in [5, 5.41) is 0. The smallest absolute Gasteiger partial charge is 0.270 e. The van der Waals surface area contributed by atoms with Gasteiger partial charge in [-0.1, -0.05) is 54.3 Å². The molecule has 1 fully saturated rings. The van der Waals surface area contributed by atoms with Crippen molar-refractivity contribution in [3.05, 3.63) is 94.1 Å². The van der Waals surface area contributed by atoms with Gasteiger partial charge in [-0.25, -0.2) is 4.39 Å². The summed E-state index contributed by atoms with van der Waals surface area (Å²) in [6, 6.07) is 19.1. The fourth-order valence-corrected chi connectivity index (χ4v) is 4.55. The molecule has 0 spiro atoms. The van der Waals surface area contributed by atoms with E-state index in [0.29, 0.717) is 26.3 Å². The van der Waals surface area contributed by atoms with Gasteiger partial charge in [-0.15, -0.1) is 0 Å². The van der Waals surface area contributed by atoms with E-state index in [9.17, 15) is 9.18 Å². The number of carbonyl (C=O) groups excluding carboxylic acids is 1. The molecule has 0 unspecified atom stereocenters. The first-order valence-corrected chi connectivity index (χ1v) is 11.1. The Morgan fingerprint density at radius 3 is 2.56 bits per heavy atom. The zero-order chi connectivity index (χ0) is 22.7. The van der Waals surface area contributed by atoms with Crippen molar-refractivity contribution in [3.63, 3.8) is 0 Å². The second-order valence-electron chi connectivity index (χ2n) is 7.12. The third-order valence-electron chi connectivity index (χ3n) is 4.96. The summed E-state index contributed by atoms with van der Waals surface area (Å²) >= 11 is 6.75. The number of rotatable bonds is 6. The van der Waals surface area contributed by atoms with E-state index in [2.05, 4.69) is 0 Å². The van der Waals surface area contributed by atoms with Crippen molar-refractivity contribution in [2.45, 2.75) is 13.5 Å². The summed E-state index contributed by atoms with van der Waals surface area (Å²) in [6.45, 7) is 2.21. The maximum Gasteiger partial charge on any atom is 0.270 e. The molecular formula is C25H20FNO3S2. The van der Waals surface area contributed by atoms with E-state index in [1.54, 1.807) is 48.4 Å². The van der Waals surface area contributed by atoms with Crippen LogP contribution in [0.2, 0.25) is 0 Å². The van der Waals surface area contributed by atoms with Crippen molar-refractivity contribution < 1.29 is 18.7 Å². The van der Waals surface area contributed by atoms with Gasteiger partial charge in [0.05, 0.1) is 17.7 Å². The summed E-state index contributed by atoms with van der Waals surface area (Å²) in [5.41, 5.74) is 3.27. The van der Waals surface area contributed by atoms with Crippen molar-refractivity contribution in [3.8, 4) is 11.5 Å². The average Bonchev–Trinajstić information content (AvgIpc) is 3.07. The number of thioether (sulfide) groups is 1. The number of methoxy groups -OCH3 is 1. The number of aryl methyl sites for hydroxylation is 1. The van der Waals surface area contributed by atoms with Crippen LogP contribution in [0.1, 0.15) is 16.7 Å². The minimum Gasteiger partial charge on any atom is -0.497 e. The van der Waals surface area contributed by atoms with Gasteiger partial charge in [0.15, 0.2) is 4.32 Å². The predicted molar refractivity (Wildman–Crippen MR) is 131 cm³/mol. The maximum atomic E-state index is 13.2. The molecule has 0 aromatic heterocycles. The highest BCUT2D eigenvalue weighted by atomic mass is 32.2. The average molecular weight is 466 g/mol. The fourth-order valence-electron chi connectivity index (χ4n) is 3.27. The standard InChI is InChI=1S/C25H20FNO3S2/c1-16-5-3-4-6-21(16)27-24(28)23(32-25(27)31)14-18-13-20(29-2)11-12-22(18)30-15-17-7-9-19(26)10-8-17/h3-14H,15H2,1-2H3/b23-14-. The van der Waals surface area contributed by atoms with Crippen molar-refractivity contribution in [1.29, 1.82) is 0 Å². The Kier molecular flexibility index (Phi) is 6.58. The second-order valence-corrected chi connectivity index (χ2v) is 8.80. The highest BCUT2D eigenvalue weighted by molar-refractivity contribution is 8.27. The van der Waals surface area contributed by atoms with Crippen molar-refractivity contribution in [2.24, 2.45) is 0 Å². The van der Waals surface area contributed by atoms with Crippen LogP contribution < -0.4 is 14.4 Å². The lowest BCUT2D eigenvalue weighted by molar-refractivity contribution is -0.113. The van der Waals surface area contributed by atoms with E-state index in [1.165, 1.54) is 23.9 Å². The molecule has 162 valence electrons. The zero-order valence-corrected chi connectivity index (χ0v) is 19.1. The number of hydrogen-bond donors (Lipinski definition) is 0. The van der Waals surface area contributed by atoms with E-state index < -0.39 is 0 Å². The van der Waals surface area contributed by atoms with Gasteiger partial charge < -0.3 is 9.47 Å². The van der Waals surface area contributed by atoms with Gasteiger partial charge in [0, 0.05) is 5.56 Å². The van der Waals surface area contributed by atoms with Gasteiger partial charge in [0.25, 0.3) is 5.91 Å². The Morgan fingerprint density at radius 1 is 1.09 bits per heavy atom. The first-order chi connectivity index (χ1) is 15.5. The van der Waals surface area contributed by atoms with Crippen LogP contribution in [0, 0.1) is 12.7 Å². The Bertz CT molecular complexity index is 1210. The number of hydrogen-bond acceptors (Lipinski definition) is 5. The number of benzene rings is 3. The van der Waals surface area contributed by atoms with Gasteiger partial charge in [0.2, 0.25) is 0 Å². The van der Waals surface area contributed by atoms with Crippen LogP contribution in [0.15, 0.2) is 71.6 Å². The lowest BCUT2D eigenvalue weighted by atomic mass is 10.1. The fraction of sp³-hybridized carbons (Fsp3) is 0.120. The van der Waals surface area contributed by atoms with Crippen molar-refractivity contribution >= 4 is 46.0 Å². The number of ether oxygens (including phenoxy) is 2. The van der Waals surface area contributed by atoms with Gasteiger partial charge in [0.1, 0.15) is 23.9 Å². The first-order valence-electron chi connectivity index (χ1n) is 9.85. The van der Waals surface area contributed by atoms with Crippen LogP contribution in [-0.4, -0.2) is 17.3 Å². The lowest BCUT2D eigenvalue weighted by Gasteiger charge is -2.16. The molecule has 1 aliphatic rings. The van der Waals surface area contributed by atoms with E-state index in [1.807, 2.05) is 31.2 Å². The van der Waals surface area contributed by atoms with Crippen LogP contribution in [0.4, 0.5) is 10.1 Å². The molecule has 0 radical (unpaired) electrons. The molecule has 0 saturated carbocycles. The molecular weight excluding hydrogens is 445 g/mol. The summed E-state index contributed by atoms with van der Waals surface area (Å²) in [6.07, 6.45) is 1.76. The molecule has 1 heterocycles. The highest BCUT2D eigenvalue weighted by Crippen LogP contribution is 2.38. The van der Waals surface area contributed by atoms with E-state index in [4.69, 9.17) is 21.7 Å². The Hall–Kier alpha value is -3.16. The molecule has 1 aliphatic heterocycles. The number of thiocarbonyl (C=S) groups is 1. The predicted octanol–water partition coefficient (Wildman–Crippen LogP) is 6.13. The zero-order valence-electron chi connectivity index (χ0n) is 17.5.